The van der Waals surface area contributed by atoms with E-state index >= 15 is 0 Å². The minimum Gasteiger partial charge on any atom is -0.492 e. The molecule has 2 unspecified atom stereocenters. The minimum absolute atomic E-state index is 0.162. The summed E-state index contributed by atoms with van der Waals surface area (Å²) in [5.41, 5.74) is 0. The first kappa shape index (κ1) is 15.8. The third-order valence-corrected chi connectivity index (χ3v) is 3.93. The van der Waals surface area contributed by atoms with Crippen LogP contribution in [0.2, 0.25) is 0 Å². The molecule has 1 saturated heterocycles. The zero-order chi connectivity index (χ0) is 15.1. The van der Waals surface area contributed by atoms with Crippen LogP contribution < -0.4 is 4.74 Å². The molecule has 1 aliphatic rings. The second-order valence-corrected chi connectivity index (χ2v) is 5.62. The predicted molar refractivity (Wildman–Crippen MR) is 80.0 cm³/mol. The molecule has 0 aliphatic carbocycles. The molecule has 1 N–H and O–H groups in total. The fourth-order valence-electron chi connectivity index (χ4n) is 2.63. The number of carbonyl (C=O) groups is 1. The van der Waals surface area contributed by atoms with Gasteiger partial charge in [-0.1, -0.05) is 0 Å². The number of aromatic nitrogens is 1. The van der Waals surface area contributed by atoms with Crippen molar-refractivity contribution < 1.29 is 14.6 Å². The number of aliphatic hydroxyl groups excluding tert-OH is 1. The normalized spacial score (nSPS) is 20.1. The van der Waals surface area contributed by atoms with E-state index in [9.17, 15) is 9.90 Å². The van der Waals surface area contributed by atoms with Crippen LogP contribution in [0.4, 0.5) is 0 Å². The van der Waals surface area contributed by atoms with E-state index in [1.807, 2.05) is 17.0 Å². The van der Waals surface area contributed by atoms with E-state index < -0.39 is 0 Å². The van der Waals surface area contributed by atoms with E-state index in [4.69, 9.17) is 4.74 Å². The van der Waals surface area contributed by atoms with Gasteiger partial charge in [-0.3, -0.25) is 9.78 Å². The molecule has 2 heterocycles. The van der Waals surface area contributed by atoms with Crippen LogP contribution in [-0.4, -0.2) is 46.7 Å². The van der Waals surface area contributed by atoms with Crippen LogP contribution in [0.1, 0.15) is 32.6 Å². The molecule has 1 fully saturated rings. The number of ether oxygens (including phenoxy) is 1. The number of aliphatic hydroxyl groups is 1. The number of piperidine rings is 1. The summed E-state index contributed by atoms with van der Waals surface area (Å²) in [5, 5.41) is 9.65. The third-order valence-electron chi connectivity index (χ3n) is 3.93. The van der Waals surface area contributed by atoms with Gasteiger partial charge in [0, 0.05) is 31.6 Å². The fraction of sp³-hybridized carbons (Fsp3) is 0.625. The second kappa shape index (κ2) is 7.98. The topological polar surface area (TPSA) is 62.7 Å². The van der Waals surface area contributed by atoms with Gasteiger partial charge < -0.3 is 14.7 Å². The van der Waals surface area contributed by atoms with Crippen molar-refractivity contribution in [2.24, 2.45) is 5.92 Å². The summed E-state index contributed by atoms with van der Waals surface area (Å²) in [5.74, 6) is 1.11. The number of hydrogen-bond acceptors (Lipinski definition) is 4. The van der Waals surface area contributed by atoms with E-state index in [0.717, 1.165) is 25.1 Å². The van der Waals surface area contributed by atoms with Gasteiger partial charge >= 0.3 is 0 Å². The highest BCUT2D eigenvalue weighted by Crippen LogP contribution is 2.20. The quantitative estimate of drug-likeness (QED) is 0.813. The molecule has 2 rings (SSSR count). The maximum Gasteiger partial charge on any atom is 0.222 e. The molecular formula is C16H24N2O3. The molecule has 0 aromatic carbocycles. The summed E-state index contributed by atoms with van der Waals surface area (Å²) < 4.78 is 5.53. The summed E-state index contributed by atoms with van der Waals surface area (Å²) in [6.07, 6.45) is 6.20. The predicted octanol–water partition coefficient (Wildman–Crippen LogP) is 1.86. The minimum atomic E-state index is -0.338. The van der Waals surface area contributed by atoms with Gasteiger partial charge in [0.1, 0.15) is 5.75 Å². The third kappa shape index (κ3) is 5.01. The van der Waals surface area contributed by atoms with Gasteiger partial charge in [0.25, 0.3) is 0 Å². The highest BCUT2D eigenvalue weighted by atomic mass is 16.5. The van der Waals surface area contributed by atoms with Crippen LogP contribution in [0.5, 0.6) is 5.75 Å². The van der Waals surface area contributed by atoms with Crippen molar-refractivity contribution in [1.29, 1.82) is 0 Å². The van der Waals surface area contributed by atoms with E-state index in [0.29, 0.717) is 26.0 Å². The Morgan fingerprint density at radius 3 is 3.19 bits per heavy atom. The SMILES string of the molecule is CC(O)C1CCCN(C(=O)CCCOc2cccnc2)C1. The van der Waals surface area contributed by atoms with Crippen molar-refractivity contribution in [3.63, 3.8) is 0 Å². The van der Waals surface area contributed by atoms with E-state index in [1.54, 1.807) is 19.3 Å². The Morgan fingerprint density at radius 2 is 2.48 bits per heavy atom. The first-order chi connectivity index (χ1) is 10.2. The largest absolute Gasteiger partial charge is 0.492 e. The number of rotatable bonds is 6. The molecule has 1 aromatic rings. The summed E-state index contributed by atoms with van der Waals surface area (Å²) in [6.45, 7) is 3.82. The highest BCUT2D eigenvalue weighted by Gasteiger charge is 2.25. The van der Waals surface area contributed by atoms with Crippen molar-refractivity contribution in [1.82, 2.24) is 9.88 Å². The monoisotopic (exact) mass is 292 g/mol. The van der Waals surface area contributed by atoms with Crippen LogP contribution >= 0.6 is 0 Å². The van der Waals surface area contributed by atoms with E-state index in [-0.39, 0.29) is 17.9 Å². The molecule has 0 radical (unpaired) electrons. The Balaban J connectivity index is 1.67. The van der Waals surface area contributed by atoms with Crippen LogP contribution in [-0.2, 0) is 4.79 Å². The van der Waals surface area contributed by atoms with Crippen LogP contribution in [0.25, 0.3) is 0 Å². The van der Waals surface area contributed by atoms with E-state index in [1.165, 1.54) is 0 Å². The Bertz CT molecular complexity index is 436. The van der Waals surface area contributed by atoms with Gasteiger partial charge in [0.2, 0.25) is 5.91 Å². The molecule has 5 heteroatoms. The lowest BCUT2D eigenvalue weighted by Gasteiger charge is -2.34. The zero-order valence-electron chi connectivity index (χ0n) is 12.6. The van der Waals surface area contributed by atoms with Crippen molar-refractivity contribution in [3.05, 3.63) is 24.5 Å². The average molecular weight is 292 g/mol. The summed E-state index contributed by atoms with van der Waals surface area (Å²) >= 11 is 0. The standard InChI is InChI=1S/C16H24N2O3/c1-13(19)14-5-3-9-18(12-14)16(20)7-4-10-21-15-6-2-8-17-11-15/h2,6,8,11,13-14,19H,3-5,7,9-10,12H2,1H3. The molecule has 0 saturated carbocycles. The van der Waals surface area contributed by atoms with Gasteiger partial charge in [-0.2, -0.15) is 0 Å². The second-order valence-electron chi connectivity index (χ2n) is 5.62. The van der Waals surface area contributed by atoms with Gasteiger partial charge in [0.05, 0.1) is 18.9 Å². The number of nitrogens with zero attached hydrogens (tertiary/aromatic N) is 2. The molecule has 0 spiro atoms. The molecule has 1 amide bonds. The lowest BCUT2D eigenvalue weighted by atomic mass is 9.93. The number of likely N-dealkylation sites (tertiary alicyclic amines) is 1. The summed E-state index contributed by atoms with van der Waals surface area (Å²) in [7, 11) is 0. The van der Waals surface area contributed by atoms with Crippen molar-refractivity contribution in [3.8, 4) is 5.75 Å². The number of hydrogen-bond donors (Lipinski definition) is 1. The molecule has 116 valence electrons. The van der Waals surface area contributed by atoms with Crippen LogP contribution in [0.3, 0.4) is 0 Å². The lowest BCUT2D eigenvalue weighted by Crippen LogP contribution is -2.42. The summed E-state index contributed by atoms with van der Waals surface area (Å²) in [6, 6.07) is 3.68. The Labute approximate surface area is 125 Å². The smallest absolute Gasteiger partial charge is 0.222 e. The Kier molecular flexibility index (Phi) is 5.99. The average Bonchev–Trinajstić information content (AvgIpc) is 2.52. The van der Waals surface area contributed by atoms with Crippen molar-refractivity contribution in [2.45, 2.75) is 38.7 Å². The maximum atomic E-state index is 12.2. The molecule has 5 nitrogen and oxygen atoms in total. The maximum absolute atomic E-state index is 12.2. The number of amides is 1. The number of carbonyl (C=O) groups excluding carboxylic acids is 1. The first-order valence-corrected chi connectivity index (χ1v) is 7.65. The van der Waals surface area contributed by atoms with Crippen LogP contribution in [0, 0.1) is 5.92 Å². The Hall–Kier alpha value is -1.62. The zero-order valence-corrected chi connectivity index (χ0v) is 12.6. The molecule has 2 atom stereocenters. The van der Waals surface area contributed by atoms with Crippen molar-refractivity contribution >= 4 is 5.91 Å². The number of pyridine rings is 1. The molecule has 1 aromatic heterocycles. The van der Waals surface area contributed by atoms with Gasteiger partial charge in [-0.25, -0.2) is 0 Å². The molecule has 21 heavy (non-hydrogen) atoms. The summed E-state index contributed by atoms with van der Waals surface area (Å²) in [4.78, 5) is 18.0. The van der Waals surface area contributed by atoms with Gasteiger partial charge in [-0.05, 0) is 38.3 Å². The lowest BCUT2D eigenvalue weighted by molar-refractivity contribution is -0.134. The fourth-order valence-corrected chi connectivity index (χ4v) is 2.63. The molecule has 0 bridgehead atoms. The van der Waals surface area contributed by atoms with Crippen molar-refractivity contribution in [2.75, 3.05) is 19.7 Å². The molecule has 1 aliphatic heterocycles. The van der Waals surface area contributed by atoms with Gasteiger partial charge in [-0.15, -0.1) is 0 Å². The van der Waals surface area contributed by atoms with Crippen LogP contribution in [0.15, 0.2) is 24.5 Å². The Morgan fingerprint density at radius 1 is 1.62 bits per heavy atom. The molecular weight excluding hydrogens is 268 g/mol. The first-order valence-electron chi connectivity index (χ1n) is 7.65. The van der Waals surface area contributed by atoms with Gasteiger partial charge in [0.15, 0.2) is 0 Å². The highest BCUT2D eigenvalue weighted by molar-refractivity contribution is 5.76. The van der Waals surface area contributed by atoms with E-state index in [2.05, 4.69) is 4.98 Å².